The highest BCUT2D eigenvalue weighted by atomic mass is 19.4. The van der Waals surface area contributed by atoms with Gasteiger partial charge >= 0.3 is 6.18 Å². The number of carbonyl (C=O) groups excluding carboxylic acids is 2. The van der Waals surface area contributed by atoms with Crippen molar-refractivity contribution < 1.29 is 27.5 Å². The van der Waals surface area contributed by atoms with Gasteiger partial charge in [-0.25, -0.2) is 0 Å². The van der Waals surface area contributed by atoms with Crippen LogP contribution in [0.15, 0.2) is 42.5 Å². The first-order chi connectivity index (χ1) is 12.9. The number of halogens is 3. The van der Waals surface area contributed by atoms with Crippen molar-refractivity contribution in [2.24, 2.45) is 5.41 Å². The van der Waals surface area contributed by atoms with Crippen LogP contribution in [-0.2, 0) is 15.8 Å². The molecular weight excluding hydrogens is 373 g/mol. The number of methoxy groups -OCH3 is 1. The first-order valence-electron chi connectivity index (χ1n) is 8.40. The van der Waals surface area contributed by atoms with E-state index < -0.39 is 29.0 Å². The number of nitrogens with one attached hydrogen (secondary N) is 2. The molecule has 0 fully saturated rings. The van der Waals surface area contributed by atoms with Gasteiger partial charge in [-0.2, -0.15) is 13.2 Å². The summed E-state index contributed by atoms with van der Waals surface area (Å²) in [5.74, 6) is -0.940. The molecule has 0 unspecified atom stereocenters. The highest BCUT2D eigenvalue weighted by molar-refractivity contribution is 6.14. The van der Waals surface area contributed by atoms with Crippen molar-refractivity contribution in [3.63, 3.8) is 0 Å². The van der Waals surface area contributed by atoms with Crippen LogP contribution in [0.2, 0.25) is 0 Å². The van der Waals surface area contributed by atoms with E-state index >= 15 is 0 Å². The molecule has 2 aromatic carbocycles. The van der Waals surface area contributed by atoms with Gasteiger partial charge < -0.3 is 15.4 Å². The van der Waals surface area contributed by atoms with E-state index in [2.05, 4.69) is 10.6 Å². The number of benzene rings is 2. The molecule has 5 nitrogen and oxygen atoms in total. The molecule has 0 aliphatic heterocycles. The van der Waals surface area contributed by atoms with E-state index in [-0.39, 0.29) is 5.69 Å². The van der Waals surface area contributed by atoms with Crippen molar-refractivity contribution in [1.82, 2.24) is 0 Å². The van der Waals surface area contributed by atoms with Gasteiger partial charge in [-0.1, -0.05) is 12.1 Å². The van der Waals surface area contributed by atoms with Crippen LogP contribution in [-0.4, -0.2) is 18.9 Å². The molecule has 0 aliphatic rings. The fourth-order valence-corrected chi connectivity index (χ4v) is 2.36. The molecule has 2 N–H and O–H groups in total. The first-order valence-corrected chi connectivity index (χ1v) is 8.40. The molecule has 2 aromatic rings. The SMILES string of the molecule is COc1ccc(C)cc1NC(=O)C(C)(C)C(=O)Nc1cccc(C(F)(F)F)c1. The van der Waals surface area contributed by atoms with E-state index in [1.807, 2.05) is 6.92 Å². The monoisotopic (exact) mass is 394 g/mol. The van der Waals surface area contributed by atoms with Gasteiger partial charge in [0.15, 0.2) is 0 Å². The van der Waals surface area contributed by atoms with E-state index in [1.165, 1.54) is 33.1 Å². The minimum Gasteiger partial charge on any atom is -0.495 e. The van der Waals surface area contributed by atoms with Crippen molar-refractivity contribution in [2.45, 2.75) is 26.9 Å². The summed E-state index contributed by atoms with van der Waals surface area (Å²) in [6, 6.07) is 9.40. The molecule has 2 amide bonds. The van der Waals surface area contributed by atoms with Crippen LogP contribution in [0.25, 0.3) is 0 Å². The van der Waals surface area contributed by atoms with Crippen LogP contribution >= 0.6 is 0 Å². The Labute approximate surface area is 160 Å². The smallest absolute Gasteiger partial charge is 0.416 e. The molecule has 2 rings (SSSR count). The summed E-state index contributed by atoms with van der Waals surface area (Å²) >= 11 is 0. The maximum absolute atomic E-state index is 12.8. The predicted molar refractivity (Wildman–Crippen MR) is 100 cm³/mol. The molecule has 0 bridgehead atoms. The average Bonchev–Trinajstić information content (AvgIpc) is 2.61. The Morgan fingerprint density at radius 2 is 1.61 bits per heavy atom. The van der Waals surface area contributed by atoms with Crippen LogP contribution < -0.4 is 15.4 Å². The number of hydrogen-bond donors (Lipinski definition) is 2. The van der Waals surface area contributed by atoms with Gasteiger partial charge in [-0.15, -0.1) is 0 Å². The zero-order valence-electron chi connectivity index (χ0n) is 15.9. The average molecular weight is 394 g/mol. The lowest BCUT2D eigenvalue weighted by molar-refractivity contribution is -0.138. The highest BCUT2D eigenvalue weighted by Crippen LogP contribution is 2.32. The van der Waals surface area contributed by atoms with Crippen molar-refractivity contribution in [1.29, 1.82) is 0 Å². The molecule has 28 heavy (non-hydrogen) atoms. The molecule has 150 valence electrons. The van der Waals surface area contributed by atoms with Crippen LogP contribution in [0, 0.1) is 12.3 Å². The van der Waals surface area contributed by atoms with E-state index in [0.717, 1.165) is 17.7 Å². The van der Waals surface area contributed by atoms with Gasteiger partial charge in [0.1, 0.15) is 11.2 Å². The quantitative estimate of drug-likeness (QED) is 0.727. The Hall–Kier alpha value is -3.03. The standard InChI is InChI=1S/C20H21F3N2O3/c1-12-8-9-16(28-4)15(10-12)25-18(27)19(2,3)17(26)24-14-7-5-6-13(11-14)20(21,22)23/h5-11H,1-4H3,(H,24,26)(H,25,27). The lowest BCUT2D eigenvalue weighted by atomic mass is 9.90. The van der Waals surface area contributed by atoms with E-state index in [0.29, 0.717) is 11.4 Å². The second-order valence-electron chi connectivity index (χ2n) is 6.82. The molecule has 0 saturated heterocycles. The van der Waals surface area contributed by atoms with Gasteiger partial charge in [0.2, 0.25) is 11.8 Å². The molecule has 0 saturated carbocycles. The molecule has 0 spiro atoms. The zero-order chi connectivity index (χ0) is 21.1. The van der Waals surface area contributed by atoms with Crippen LogP contribution in [0.3, 0.4) is 0 Å². The Morgan fingerprint density at radius 1 is 0.964 bits per heavy atom. The summed E-state index contributed by atoms with van der Waals surface area (Å²) in [6.07, 6.45) is -4.53. The number of amides is 2. The number of anilines is 2. The molecule has 8 heteroatoms. The fourth-order valence-electron chi connectivity index (χ4n) is 2.36. The first kappa shape index (κ1) is 21.3. The highest BCUT2D eigenvalue weighted by Gasteiger charge is 2.37. The van der Waals surface area contributed by atoms with Crippen molar-refractivity contribution >= 4 is 23.2 Å². The lowest BCUT2D eigenvalue weighted by Gasteiger charge is -2.23. The Kier molecular flexibility index (Phi) is 6.01. The normalized spacial score (nSPS) is 11.7. The van der Waals surface area contributed by atoms with Crippen LogP contribution in [0.4, 0.5) is 24.5 Å². The summed E-state index contributed by atoms with van der Waals surface area (Å²) in [6.45, 7) is 4.60. The second-order valence-corrected chi connectivity index (χ2v) is 6.82. The van der Waals surface area contributed by atoms with Crippen LogP contribution in [0.1, 0.15) is 25.0 Å². The van der Waals surface area contributed by atoms with Gasteiger partial charge in [-0.05, 0) is 56.7 Å². The van der Waals surface area contributed by atoms with Crippen LogP contribution in [0.5, 0.6) is 5.75 Å². The van der Waals surface area contributed by atoms with E-state index in [4.69, 9.17) is 4.74 Å². The molecule has 0 heterocycles. The summed E-state index contributed by atoms with van der Waals surface area (Å²) in [5.41, 5.74) is -1.22. The Bertz CT molecular complexity index is 893. The number of hydrogen-bond acceptors (Lipinski definition) is 3. The van der Waals surface area contributed by atoms with Crippen molar-refractivity contribution in [3.8, 4) is 5.75 Å². The lowest BCUT2D eigenvalue weighted by Crippen LogP contribution is -2.41. The number of ether oxygens (including phenoxy) is 1. The maximum atomic E-state index is 12.8. The zero-order valence-corrected chi connectivity index (χ0v) is 15.9. The molecule has 0 atom stereocenters. The molecular formula is C20H21F3N2O3. The number of alkyl halides is 3. The predicted octanol–water partition coefficient (Wildman–Crippen LogP) is 4.63. The van der Waals surface area contributed by atoms with Gasteiger partial charge in [0.25, 0.3) is 0 Å². The van der Waals surface area contributed by atoms with E-state index in [9.17, 15) is 22.8 Å². The third-order valence-electron chi connectivity index (χ3n) is 4.19. The Balaban J connectivity index is 2.18. The van der Waals surface area contributed by atoms with Crippen molar-refractivity contribution in [3.05, 3.63) is 53.6 Å². The van der Waals surface area contributed by atoms with Gasteiger partial charge in [-0.3, -0.25) is 9.59 Å². The van der Waals surface area contributed by atoms with Gasteiger partial charge in [0.05, 0.1) is 18.4 Å². The molecule has 0 aromatic heterocycles. The topological polar surface area (TPSA) is 67.4 Å². The summed E-state index contributed by atoms with van der Waals surface area (Å²) in [4.78, 5) is 25.2. The molecule has 0 aliphatic carbocycles. The number of aryl methyl sites for hydroxylation is 1. The minimum absolute atomic E-state index is 0.0474. The van der Waals surface area contributed by atoms with Gasteiger partial charge in [0, 0.05) is 5.69 Å². The maximum Gasteiger partial charge on any atom is 0.416 e. The minimum atomic E-state index is -4.53. The Morgan fingerprint density at radius 3 is 2.21 bits per heavy atom. The largest absolute Gasteiger partial charge is 0.495 e. The van der Waals surface area contributed by atoms with Crippen molar-refractivity contribution in [2.75, 3.05) is 17.7 Å². The summed E-state index contributed by atoms with van der Waals surface area (Å²) in [5, 5.41) is 5.01. The fraction of sp³-hybridized carbons (Fsp3) is 0.300. The summed E-state index contributed by atoms with van der Waals surface area (Å²) < 4.78 is 43.7. The number of carbonyl (C=O) groups is 2. The summed E-state index contributed by atoms with van der Waals surface area (Å²) in [7, 11) is 1.45. The number of rotatable bonds is 5. The van der Waals surface area contributed by atoms with E-state index in [1.54, 1.807) is 18.2 Å². The third kappa shape index (κ3) is 4.82. The third-order valence-corrected chi connectivity index (χ3v) is 4.19. The second kappa shape index (κ2) is 7.92. The molecule has 0 radical (unpaired) electrons.